The van der Waals surface area contributed by atoms with E-state index in [-0.39, 0.29) is 22.9 Å². The topological polar surface area (TPSA) is 93.7 Å². The predicted molar refractivity (Wildman–Crippen MR) is 126 cm³/mol. The summed E-state index contributed by atoms with van der Waals surface area (Å²) in [6.07, 6.45) is -0.778. The third kappa shape index (κ3) is 7.24. The second-order valence-corrected chi connectivity index (χ2v) is 7.82. The highest BCUT2D eigenvalue weighted by molar-refractivity contribution is 6.31. The summed E-state index contributed by atoms with van der Waals surface area (Å²) in [6.45, 7) is 1.50. The Morgan fingerprint density at radius 2 is 1.58 bits per heavy atom. The van der Waals surface area contributed by atoms with Gasteiger partial charge in [-0.05, 0) is 55.0 Å². The van der Waals surface area contributed by atoms with Crippen molar-refractivity contribution in [1.29, 1.82) is 0 Å². The van der Waals surface area contributed by atoms with Crippen molar-refractivity contribution >= 4 is 46.9 Å². The highest BCUT2D eigenvalue weighted by Crippen LogP contribution is 2.25. The largest absolute Gasteiger partial charge is 0.445 e. The molecule has 3 rings (SSSR count). The molecule has 0 fully saturated rings. The van der Waals surface area contributed by atoms with Crippen LogP contribution in [-0.2, 0) is 16.1 Å². The van der Waals surface area contributed by atoms with Gasteiger partial charge in [0.05, 0.1) is 5.56 Å². The van der Waals surface area contributed by atoms with Gasteiger partial charge in [-0.2, -0.15) is 0 Å². The van der Waals surface area contributed by atoms with Gasteiger partial charge in [-0.15, -0.1) is 0 Å². The Labute approximate surface area is 200 Å². The third-order valence-electron chi connectivity index (χ3n) is 4.40. The molecule has 0 saturated carbocycles. The zero-order valence-corrected chi connectivity index (χ0v) is 19.0. The van der Waals surface area contributed by atoms with E-state index >= 15 is 0 Å². The number of alkyl carbamates (subject to hydrolysis) is 1. The van der Waals surface area contributed by atoms with E-state index in [9.17, 15) is 14.4 Å². The normalized spacial score (nSPS) is 11.2. The van der Waals surface area contributed by atoms with Crippen molar-refractivity contribution < 1.29 is 23.9 Å². The van der Waals surface area contributed by atoms with Crippen LogP contribution < -0.4 is 15.4 Å². The Bertz CT molecular complexity index is 1140. The number of ether oxygens (including phenoxy) is 2. The lowest BCUT2D eigenvalue weighted by Crippen LogP contribution is -2.41. The standard InChI is InChI=1S/C24H20Cl2N2O5/c1-15(27-24(31)32-14-16-5-3-2-4-6-16)23(30)33-21-12-9-18(26)13-20(21)22(29)28-19-10-7-17(25)8-11-19/h2-13,15H,14H2,1H3,(H,27,31)(H,28,29)/t15-/m1/s1. The van der Waals surface area contributed by atoms with Crippen molar-refractivity contribution in [3.05, 3.63) is 94.0 Å². The lowest BCUT2D eigenvalue weighted by Gasteiger charge is -2.15. The maximum atomic E-state index is 12.7. The number of nitrogens with one attached hydrogen (secondary N) is 2. The van der Waals surface area contributed by atoms with E-state index < -0.39 is 24.0 Å². The SMILES string of the molecule is C[C@@H](NC(=O)OCc1ccccc1)C(=O)Oc1ccc(Cl)cc1C(=O)Nc1ccc(Cl)cc1. The molecule has 3 aromatic carbocycles. The second kappa shape index (κ2) is 11.4. The van der Waals surface area contributed by atoms with Crippen LogP contribution in [0.1, 0.15) is 22.8 Å². The number of carbonyl (C=O) groups excluding carboxylic acids is 3. The molecule has 0 unspecified atom stereocenters. The molecule has 170 valence electrons. The maximum Gasteiger partial charge on any atom is 0.408 e. The molecule has 0 spiro atoms. The van der Waals surface area contributed by atoms with Gasteiger partial charge in [0.1, 0.15) is 18.4 Å². The van der Waals surface area contributed by atoms with Gasteiger partial charge >= 0.3 is 12.1 Å². The number of anilines is 1. The van der Waals surface area contributed by atoms with Crippen LogP contribution in [0.2, 0.25) is 10.0 Å². The number of benzene rings is 3. The monoisotopic (exact) mass is 486 g/mol. The summed E-state index contributed by atoms with van der Waals surface area (Å²) in [7, 11) is 0. The molecule has 33 heavy (non-hydrogen) atoms. The highest BCUT2D eigenvalue weighted by atomic mass is 35.5. The fourth-order valence-electron chi connectivity index (χ4n) is 2.70. The molecule has 0 radical (unpaired) electrons. The van der Waals surface area contributed by atoms with Gasteiger partial charge in [0.15, 0.2) is 0 Å². The van der Waals surface area contributed by atoms with Gasteiger partial charge in [-0.1, -0.05) is 53.5 Å². The van der Waals surface area contributed by atoms with E-state index in [2.05, 4.69) is 10.6 Å². The number of carbonyl (C=O) groups is 3. The molecule has 1 atom stereocenters. The van der Waals surface area contributed by atoms with E-state index in [4.69, 9.17) is 32.7 Å². The molecule has 2 amide bonds. The molecule has 0 aliphatic rings. The molecule has 0 aromatic heterocycles. The first-order valence-electron chi connectivity index (χ1n) is 9.87. The lowest BCUT2D eigenvalue weighted by molar-refractivity contribution is -0.136. The number of rotatable bonds is 7. The Morgan fingerprint density at radius 1 is 0.909 bits per heavy atom. The average Bonchev–Trinajstić information content (AvgIpc) is 2.81. The number of halogens is 2. The molecule has 0 aliphatic heterocycles. The van der Waals surface area contributed by atoms with Crippen LogP contribution in [0.4, 0.5) is 10.5 Å². The van der Waals surface area contributed by atoms with Crippen molar-refractivity contribution in [1.82, 2.24) is 5.32 Å². The van der Waals surface area contributed by atoms with Crippen LogP contribution in [0.25, 0.3) is 0 Å². The van der Waals surface area contributed by atoms with Crippen LogP contribution >= 0.6 is 23.2 Å². The zero-order valence-electron chi connectivity index (χ0n) is 17.5. The van der Waals surface area contributed by atoms with E-state index in [1.165, 1.54) is 25.1 Å². The summed E-state index contributed by atoms with van der Waals surface area (Å²) in [5, 5.41) is 5.89. The quantitative estimate of drug-likeness (QED) is 0.341. The zero-order chi connectivity index (χ0) is 23.8. The number of esters is 1. The van der Waals surface area contributed by atoms with Crippen LogP contribution in [0.15, 0.2) is 72.8 Å². The molecule has 9 heteroatoms. The fourth-order valence-corrected chi connectivity index (χ4v) is 3.00. The van der Waals surface area contributed by atoms with Gasteiger partial charge in [0.2, 0.25) is 0 Å². The van der Waals surface area contributed by atoms with Crippen molar-refractivity contribution in [2.24, 2.45) is 0 Å². The summed E-state index contributed by atoms with van der Waals surface area (Å²) >= 11 is 11.9. The summed E-state index contributed by atoms with van der Waals surface area (Å²) in [6, 6.07) is 18.8. The highest BCUT2D eigenvalue weighted by Gasteiger charge is 2.22. The van der Waals surface area contributed by atoms with Crippen LogP contribution in [0, 0.1) is 0 Å². The van der Waals surface area contributed by atoms with Crippen molar-refractivity contribution in [3.8, 4) is 5.75 Å². The Kier molecular flexibility index (Phi) is 8.29. The van der Waals surface area contributed by atoms with Gasteiger partial charge in [-0.3, -0.25) is 4.79 Å². The molecular weight excluding hydrogens is 467 g/mol. The molecule has 0 aliphatic carbocycles. The summed E-state index contributed by atoms with van der Waals surface area (Å²) < 4.78 is 10.5. The van der Waals surface area contributed by atoms with Gasteiger partial charge in [0, 0.05) is 15.7 Å². The van der Waals surface area contributed by atoms with Gasteiger partial charge in [0.25, 0.3) is 5.91 Å². The Morgan fingerprint density at radius 3 is 2.27 bits per heavy atom. The van der Waals surface area contributed by atoms with Crippen molar-refractivity contribution in [2.45, 2.75) is 19.6 Å². The molecular formula is C24H20Cl2N2O5. The Hall–Kier alpha value is -3.55. The lowest BCUT2D eigenvalue weighted by atomic mass is 10.1. The smallest absolute Gasteiger partial charge is 0.408 e. The summed E-state index contributed by atoms with van der Waals surface area (Å²) in [5.41, 5.74) is 1.35. The molecule has 0 bridgehead atoms. The molecule has 3 aromatic rings. The molecule has 0 saturated heterocycles. The maximum absolute atomic E-state index is 12.7. The van der Waals surface area contributed by atoms with E-state index in [0.29, 0.717) is 10.7 Å². The number of amides is 2. The minimum atomic E-state index is -1.03. The summed E-state index contributed by atoms with van der Waals surface area (Å²) in [4.78, 5) is 37.2. The number of hydrogen-bond donors (Lipinski definition) is 2. The van der Waals surface area contributed by atoms with E-state index in [0.717, 1.165) is 5.56 Å². The minimum absolute atomic E-state index is 0.0119. The van der Waals surface area contributed by atoms with Crippen LogP contribution in [-0.4, -0.2) is 24.0 Å². The molecule has 7 nitrogen and oxygen atoms in total. The molecule has 0 heterocycles. The Balaban J connectivity index is 1.61. The van der Waals surface area contributed by atoms with Gasteiger partial charge < -0.3 is 20.1 Å². The van der Waals surface area contributed by atoms with E-state index in [1.54, 1.807) is 24.3 Å². The molecule has 2 N–H and O–H groups in total. The van der Waals surface area contributed by atoms with E-state index in [1.807, 2.05) is 30.3 Å². The van der Waals surface area contributed by atoms with Crippen LogP contribution in [0.3, 0.4) is 0 Å². The van der Waals surface area contributed by atoms with Crippen LogP contribution in [0.5, 0.6) is 5.75 Å². The summed E-state index contributed by atoms with van der Waals surface area (Å²) in [5.74, 6) is -1.33. The predicted octanol–water partition coefficient (Wildman–Crippen LogP) is 5.47. The first-order valence-corrected chi connectivity index (χ1v) is 10.6. The second-order valence-electron chi connectivity index (χ2n) is 6.95. The van der Waals surface area contributed by atoms with Crippen molar-refractivity contribution in [3.63, 3.8) is 0 Å². The van der Waals surface area contributed by atoms with Gasteiger partial charge in [-0.25, -0.2) is 9.59 Å². The first kappa shape index (κ1) is 24.1. The number of hydrogen-bond acceptors (Lipinski definition) is 5. The first-order chi connectivity index (χ1) is 15.8. The average molecular weight is 487 g/mol. The third-order valence-corrected chi connectivity index (χ3v) is 4.89. The van der Waals surface area contributed by atoms with Crippen molar-refractivity contribution in [2.75, 3.05) is 5.32 Å². The minimum Gasteiger partial charge on any atom is -0.445 e. The fraction of sp³-hybridized carbons (Fsp3) is 0.125.